The second kappa shape index (κ2) is 9.46. The molecule has 1 atom stereocenters. The van der Waals surface area contributed by atoms with E-state index in [1.807, 2.05) is 0 Å². The molecule has 0 bridgehead atoms. The van der Waals surface area contributed by atoms with E-state index in [1.54, 1.807) is 37.9 Å². The molecule has 1 N–H and O–H groups in total. The molecule has 26 heavy (non-hydrogen) atoms. The van der Waals surface area contributed by atoms with Crippen LogP contribution < -0.4 is 10.1 Å². The molecule has 2 rings (SSSR count). The Morgan fingerprint density at radius 1 is 1.31 bits per heavy atom. The molecule has 1 aliphatic heterocycles. The summed E-state index contributed by atoms with van der Waals surface area (Å²) in [5.74, 6) is 0.317. The van der Waals surface area contributed by atoms with Crippen molar-refractivity contribution in [2.45, 2.75) is 51.9 Å². The Morgan fingerprint density at radius 2 is 1.92 bits per heavy atom. The minimum Gasteiger partial charge on any atom is -0.484 e. The number of halogens is 4. The van der Waals surface area contributed by atoms with Gasteiger partial charge in [-0.05, 0) is 49.9 Å². The van der Waals surface area contributed by atoms with Crippen molar-refractivity contribution in [3.63, 3.8) is 0 Å². The van der Waals surface area contributed by atoms with Crippen molar-refractivity contribution < 1.29 is 22.7 Å². The fourth-order valence-electron chi connectivity index (χ4n) is 3.17. The lowest BCUT2D eigenvalue weighted by Crippen LogP contribution is -2.33. The second-order valence-electron chi connectivity index (χ2n) is 6.71. The summed E-state index contributed by atoms with van der Waals surface area (Å²) < 4.78 is 41.9. The minimum absolute atomic E-state index is 0. The average Bonchev–Trinajstić information content (AvgIpc) is 2.98. The van der Waals surface area contributed by atoms with Crippen molar-refractivity contribution in [3.05, 3.63) is 28.8 Å². The zero-order valence-electron chi connectivity index (χ0n) is 15.3. The smallest absolute Gasteiger partial charge is 0.422 e. The Balaban J connectivity index is 0.00000338. The highest BCUT2D eigenvalue weighted by Gasteiger charge is 2.29. The number of amides is 1. The van der Waals surface area contributed by atoms with Gasteiger partial charge in [0.2, 0.25) is 5.91 Å². The maximum atomic E-state index is 12.3. The van der Waals surface area contributed by atoms with Gasteiger partial charge < -0.3 is 15.0 Å². The highest BCUT2D eigenvalue weighted by atomic mass is 35.5. The maximum absolute atomic E-state index is 12.3. The lowest BCUT2D eigenvalue weighted by atomic mass is 10.0. The molecule has 0 aromatic heterocycles. The fourth-order valence-corrected chi connectivity index (χ4v) is 3.17. The van der Waals surface area contributed by atoms with Crippen LogP contribution in [0.4, 0.5) is 13.2 Å². The van der Waals surface area contributed by atoms with Crippen LogP contribution >= 0.6 is 12.4 Å². The Hall–Kier alpha value is -1.47. The number of rotatable bonds is 6. The van der Waals surface area contributed by atoms with E-state index in [1.165, 1.54) is 0 Å². The van der Waals surface area contributed by atoms with Crippen molar-refractivity contribution in [2.75, 3.05) is 20.2 Å². The predicted molar refractivity (Wildman–Crippen MR) is 96.8 cm³/mol. The third kappa shape index (κ3) is 6.68. The Bertz CT molecular complexity index is 594. The number of hydrogen-bond donors (Lipinski definition) is 1. The molecule has 1 aromatic carbocycles. The van der Waals surface area contributed by atoms with Crippen LogP contribution in [0.25, 0.3) is 0 Å². The molecule has 1 aliphatic rings. The summed E-state index contributed by atoms with van der Waals surface area (Å²) in [4.78, 5) is 13.9. The van der Waals surface area contributed by atoms with Crippen LogP contribution in [0.3, 0.4) is 0 Å². The Kier molecular flexibility index (Phi) is 8.21. The van der Waals surface area contributed by atoms with E-state index in [-0.39, 0.29) is 30.1 Å². The summed E-state index contributed by atoms with van der Waals surface area (Å²) in [5, 5.41) is 3.30. The van der Waals surface area contributed by atoms with E-state index in [2.05, 4.69) is 5.32 Å². The molecular weight excluding hydrogens is 369 g/mol. The number of carbonyl (C=O) groups is 1. The van der Waals surface area contributed by atoms with Crippen molar-refractivity contribution in [1.29, 1.82) is 0 Å². The predicted octanol–water partition coefficient (Wildman–Crippen LogP) is 3.77. The lowest BCUT2D eigenvalue weighted by molar-refractivity contribution is -0.153. The van der Waals surface area contributed by atoms with Crippen LogP contribution in [0, 0.1) is 13.8 Å². The number of benzene rings is 1. The van der Waals surface area contributed by atoms with Crippen LogP contribution in [-0.2, 0) is 11.3 Å². The number of alkyl halides is 3. The quantitative estimate of drug-likeness (QED) is 0.798. The van der Waals surface area contributed by atoms with E-state index in [9.17, 15) is 18.0 Å². The highest BCUT2D eigenvalue weighted by Crippen LogP contribution is 2.27. The molecular formula is C18H26ClF3N2O2. The van der Waals surface area contributed by atoms with E-state index >= 15 is 0 Å². The summed E-state index contributed by atoms with van der Waals surface area (Å²) in [5.41, 5.74) is 2.15. The van der Waals surface area contributed by atoms with Crippen LogP contribution in [-0.4, -0.2) is 43.2 Å². The van der Waals surface area contributed by atoms with Crippen LogP contribution in [0.2, 0.25) is 0 Å². The molecule has 1 aromatic rings. The number of carbonyl (C=O) groups excluding carboxylic acids is 1. The van der Waals surface area contributed by atoms with Gasteiger partial charge in [0.05, 0.1) is 0 Å². The fraction of sp³-hybridized carbons (Fsp3) is 0.611. The number of ether oxygens (including phenoxy) is 1. The normalized spacial score (nSPS) is 16.9. The topological polar surface area (TPSA) is 41.6 Å². The minimum atomic E-state index is -4.36. The summed E-state index contributed by atoms with van der Waals surface area (Å²) >= 11 is 0. The van der Waals surface area contributed by atoms with E-state index in [4.69, 9.17) is 4.74 Å². The summed E-state index contributed by atoms with van der Waals surface area (Å²) in [6.45, 7) is 3.51. The monoisotopic (exact) mass is 394 g/mol. The number of hydrogen-bond acceptors (Lipinski definition) is 3. The van der Waals surface area contributed by atoms with Crippen molar-refractivity contribution >= 4 is 18.3 Å². The lowest BCUT2D eigenvalue weighted by Gasteiger charge is -2.21. The van der Waals surface area contributed by atoms with Gasteiger partial charge in [0.15, 0.2) is 6.61 Å². The Morgan fingerprint density at radius 3 is 2.42 bits per heavy atom. The maximum Gasteiger partial charge on any atom is 0.422 e. The highest BCUT2D eigenvalue weighted by molar-refractivity contribution is 5.85. The molecule has 148 valence electrons. The van der Waals surface area contributed by atoms with Gasteiger partial charge in [0, 0.05) is 26.1 Å². The SMILES string of the molecule is Cc1cc(CN(C)C(=O)CC2CCCN2)cc(C)c1OCC(F)(F)F.Cl. The van der Waals surface area contributed by atoms with Crippen LogP contribution in [0.15, 0.2) is 12.1 Å². The summed E-state index contributed by atoms with van der Waals surface area (Å²) in [7, 11) is 1.75. The standard InChI is InChI=1S/C18H25F3N2O2.ClH/c1-12-7-14(8-13(2)17(12)25-11-18(19,20)21)10-23(3)16(24)9-15-5-4-6-22-15;/h7-8,15,22H,4-6,9-11H2,1-3H3;1H. The van der Waals surface area contributed by atoms with Gasteiger partial charge >= 0.3 is 6.18 Å². The molecule has 1 heterocycles. The van der Waals surface area contributed by atoms with Gasteiger partial charge in [-0.15, -0.1) is 12.4 Å². The van der Waals surface area contributed by atoms with Crippen LogP contribution in [0.5, 0.6) is 5.75 Å². The van der Waals surface area contributed by atoms with Gasteiger partial charge in [-0.1, -0.05) is 12.1 Å². The Labute approximate surface area is 158 Å². The molecule has 1 unspecified atom stereocenters. The van der Waals surface area contributed by atoms with Gasteiger partial charge in [-0.3, -0.25) is 4.79 Å². The third-order valence-corrected chi connectivity index (χ3v) is 4.33. The molecule has 0 saturated carbocycles. The molecule has 1 fully saturated rings. The molecule has 0 spiro atoms. The molecule has 0 aliphatic carbocycles. The molecule has 4 nitrogen and oxygen atoms in total. The second-order valence-corrected chi connectivity index (χ2v) is 6.71. The van der Waals surface area contributed by atoms with Crippen molar-refractivity contribution in [1.82, 2.24) is 10.2 Å². The van der Waals surface area contributed by atoms with Crippen molar-refractivity contribution in [2.24, 2.45) is 0 Å². The number of aryl methyl sites for hydroxylation is 2. The third-order valence-electron chi connectivity index (χ3n) is 4.33. The van der Waals surface area contributed by atoms with E-state index < -0.39 is 12.8 Å². The van der Waals surface area contributed by atoms with Gasteiger partial charge in [-0.25, -0.2) is 0 Å². The largest absolute Gasteiger partial charge is 0.484 e. The zero-order chi connectivity index (χ0) is 18.6. The number of nitrogens with zero attached hydrogens (tertiary/aromatic N) is 1. The molecule has 8 heteroatoms. The zero-order valence-corrected chi connectivity index (χ0v) is 16.1. The van der Waals surface area contributed by atoms with Gasteiger partial charge in [-0.2, -0.15) is 13.2 Å². The average molecular weight is 395 g/mol. The van der Waals surface area contributed by atoms with Gasteiger partial charge in [0.25, 0.3) is 0 Å². The summed E-state index contributed by atoms with van der Waals surface area (Å²) in [6.07, 6.45) is -1.78. The van der Waals surface area contributed by atoms with E-state index in [0.29, 0.717) is 24.1 Å². The first-order chi connectivity index (χ1) is 11.7. The molecule has 1 saturated heterocycles. The first-order valence-corrected chi connectivity index (χ1v) is 8.43. The van der Waals surface area contributed by atoms with Crippen molar-refractivity contribution in [3.8, 4) is 5.75 Å². The van der Waals surface area contributed by atoms with E-state index in [0.717, 1.165) is 24.9 Å². The number of nitrogens with one attached hydrogen (secondary N) is 1. The van der Waals surface area contributed by atoms with Crippen LogP contribution in [0.1, 0.15) is 36.0 Å². The first kappa shape index (κ1) is 22.6. The molecule has 0 radical (unpaired) electrons. The molecule has 1 amide bonds. The summed E-state index contributed by atoms with van der Waals surface area (Å²) in [6, 6.07) is 3.80. The van der Waals surface area contributed by atoms with Gasteiger partial charge in [0.1, 0.15) is 5.75 Å². The first-order valence-electron chi connectivity index (χ1n) is 8.43.